The van der Waals surface area contributed by atoms with Crippen molar-refractivity contribution in [3.63, 3.8) is 0 Å². The molecule has 0 radical (unpaired) electrons. The zero-order chi connectivity index (χ0) is 11.7. The molecule has 3 heteroatoms. The van der Waals surface area contributed by atoms with E-state index in [2.05, 4.69) is 23.2 Å². The average molecular weight is 226 g/mol. The van der Waals surface area contributed by atoms with Crippen LogP contribution in [0.5, 0.6) is 5.75 Å². The minimum absolute atomic E-state index is 0.534. The summed E-state index contributed by atoms with van der Waals surface area (Å²) in [6.45, 7) is 1.08. The number of hydrogen-bond acceptors (Lipinski definition) is 2. The molecule has 0 saturated heterocycles. The Morgan fingerprint density at radius 3 is 2.71 bits per heavy atom. The molecular formula is C14H14N2O. The molecule has 0 fully saturated rings. The highest BCUT2D eigenvalue weighted by Gasteiger charge is 2.04. The van der Waals surface area contributed by atoms with Gasteiger partial charge in [-0.05, 0) is 24.3 Å². The van der Waals surface area contributed by atoms with Crippen molar-refractivity contribution in [1.82, 2.24) is 4.98 Å². The van der Waals surface area contributed by atoms with Gasteiger partial charge in [-0.1, -0.05) is 18.2 Å². The van der Waals surface area contributed by atoms with Crippen LogP contribution in [0.2, 0.25) is 0 Å². The first-order valence-electron chi connectivity index (χ1n) is 5.72. The van der Waals surface area contributed by atoms with Crippen LogP contribution in [0.4, 0.5) is 0 Å². The van der Waals surface area contributed by atoms with Crippen molar-refractivity contribution in [1.29, 1.82) is 0 Å². The van der Waals surface area contributed by atoms with Crippen LogP contribution in [0.3, 0.4) is 0 Å². The number of ether oxygens (including phenoxy) is 1. The SMILES string of the molecule is NCCOc1ccc2[nH]c3ccccc3c2c1. The lowest BCUT2D eigenvalue weighted by Crippen LogP contribution is -2.10. The highest BCUT2D eigenvalue weighted by atomic mass is 16.5. The van der Waals surface area contributed by atoms with Gasteiger partial charge in [-0.3, -0.25) is 0 Å². The summed E-state index contributed by atoms with van der Waals surface area (Å²) in [7, 11) is 0. The molecule has 0 unspecified atom stereocenters. The number of benzene rings is 2. The number of para-hydroxylation sites is 1. The van der Waals surface area contributed by atoms with Crippen molar-refractivity contribution in [3.8, 4) is 5.75 Å². The van der Waals surface area contributed by atoms with Gasteiger partial charge in [0.2, 0.25) is 0 Å². The van der Waals surface area contributed by atoms with E-state index in [4.69, 9.17) is 10.5 Å². The minimum atomic E-state index is 0.534. The molecule has 86 valence electrons. The monoisotopic (exact) mass is 226 g/mol. The summed E-state index contributed by atoms with van der Waals surface area (Å²) >= 11 is 0. The first-order valence-corrected chi connectivity index (χ1v) is 5.72. The molecule has 1 aromatic heterocycles. The fourth-order valence-electron chi connectivity index (χ4n) is 2.09. The van der Waals surface area contributed by atoms with Gasteiger partial charge in [0.05, 0.1) is 0 Å². The van der Waals surface area contributed by atoms with Crippen molar-refractivity contribution in [2.45, 2.75) is 0 Å². The molecule has 17 heavy (non-hydrogen) atoms. The Kier molecular flexibility index (Phi) is 2.46. The number of aromatic amines is 1. The third kappa shape index (κ3) is 1.74. The molecule has 3 rings (SSSR count). The van der Waals surface area contributed by atoms with Crippen molar-refractivity contribution in [2.75, 3.05) is 13.2 Å². The Hall–Kier alpha value is -2.00. The highest BCUT2D eigenvalue weighted by Crippen LogP contribution is 2.28. The Morgan fingerprint density at radius 1 is 1.00 bits per heavy atom. The number of rotatable bonds is 3. The summed E-state index contributed by atoms with van der Waals surface area (Å²) < 4.78 is 5.54. The van der Waals surface area contributed by atoms with E-state index in [1.54, 1.807) is 0 Å². The fraction of sp³-hybridized carbons (Fsp3) is 0.143. The van der Waals surface area contributed by atoms with Crippen LogP contribution < -0.4 is 10.5 Å². The second-order valence-electron chi connectivity index (χ2n) is 4.02. The van der Waals surface area contributed by atoms with Crippen LogP contribution in [0, 0.1) is 0 Å². The highest BCUT2D eigenvalue weighted by molar-refractivity contribution is 6.07. The number of hydrogen-bond donors (Lipinski definition) is 2. The Bertz CT molecular complexity index is 657. The average Bonchev–Trinajstić information content (AvgIpc) is 2.74. The molecule has 0 spiro atoms. The van der Waals surface area contributed by atoms with Crippen LogP contribution in [-0.2, 0) is 0 Å². The summed E-state index contributed by atoms with van der Waals surface area (Å²) in [5.74, 6) is 0.868. The number of nitrogens with one attached hydrogen (secondary N) is 1. The molecule has 0 atom stereocenters. The maximum atomic E-state index is 5.54. The summed E-state index contributed by atoms with van der Waals surface area (Å²) in [6, 6.07) is 14.3. The quantitative estimate of drug-likeness (QED) is 0.721. The molecule has 0 amide bonds. The first-order chi connectivity index (χ1) is 8.38. The molecule has 3 N–H and O–H groups in total. The van der Waals surface area contributed by atoms with Crippen molar-refractivity contribution in [3.05, 3.63) is 42.5 Å². The van der Waals surface area contributed by atoms with Gasteiger partial charge in [-0.25, -0.2) is 0 Å². The van der Waals surface area contributed by atoms with Crippen LogP contribution in [-0.4, -0.2) is 18.1 Å². The van der Waals surface area contributed by atoms with E-state index in [0.29, 0.717) is 13.2 Å². The largest absolute Gasteiger partial charge is 0.492 e. The predicted molar refractivity (Wildman–Crippen MR) is 70.4 cm³/mol. The lowest BCUT2D eigenvalue weighted by atomic mass is 10.1. The van der Waals surface area contributed by atoms with Crippen molar-refractivity contribution >= 4 is 21.8 Å². The minimum Gasteiger partial charge on any atom is -0.492 e. The normalized spacial score (nSPS) is 11.1. The second kappa shape index (κ2) is 4.11. The molecule has 2 aromatic carbocycles. The smallest absolute Gasteiger partial charge is 0.120 e. The predicted octanol–water partition coefficient (Wildman–Crippen LogP) is 2.66. The lowest BCUT2D eigenvalue weighted by molar-refractivity contribution is 0.329. The van der Waals surface area contributed by atoms with E-state index in [1.807, 2.05) is 24.3 Å². The zero-order valence-corrected chi connectivity index (χ0v) is 9.44. The first kappa shape index (κ1) is 10.2. The zero-order valence-electron chi connectivity index (χ0n) is 9.44. The molecule has 1 heterocycles. The molecule has 3 nitrogen and oxygen atoms in total. The van der Waals surface area contributed by atoms with E-state index in [0.717, 1.165) is 16.8 Å². The molecular weight excluding hydrogens is 212 g/mol. The van der Waals surface area contributed by atoms with Crippen molar-refractivity contribution in [2.24, 2.45) is 5.73 Å². The fourth-order valence-corrected chi connectivity index (χ4v) is 2.09. The van der Waals surface area contributed by atoms with E-state index in [9.17, 15) is 0 Å². The third-order valence-electron chi connectivity index (χ3n) is 2.86. The standard InChI is InChI=1S/C14H14N2O/c15-7-8-17-10-5-6-14-12(9-10)11-3-1-2-4-13(11)16-14/h1-6,9,16H,7-8,15H2. The van der Waals surface area contributed by atoms with Gasteiger partial charge in [0, 0.05) is 28.4 Å². The van der Waals surface area contributed by atoms with Gasteiger partial charge in [0.25, 0.3) is 0 Å². The summed E-state index contributed by atoms with van der Waals surface area (Å²) in [5, 5.41) is 2.41. The Morgan fingerprint density at radius 2 is 1.82 bits per heavy atom. The molecule has 3 aromatic rings. The van der Waals surface area contributed by atoms with Gasteiger partial charge >= 0.3 is 0 Å². The number of nitrogens with two attached hydrogens (primary N) is 1. The second-order valence-corrected chi connectivity index (χ2v) is 4.02. The topological polar surface area (TPSA) is 51.0 Å². The van der Waals surface area contributed by atoms with Gasteiger partial charge < -0.3 is 15.5 Å². The molecule has 0 aliphatic rings. The van der Waals surface area contributed by atoms with Crippen molar-refractivity contribution < 1.29 is 4.74 Å². The van der Waals surface area contributed by atoms with Crippen LogP contribution in [0.15, 0.2) is 42.5 Å². The van der Waals surface area contributed by atoms with Gasteiger partial charge in [-0.2, -0.15) is 0 Å². The van der Waals surface area contributed by atoms with Crippen LogP contribution >= 0.6 is 0 Å². The van der Waals surface area contributed by atoms with E-state index in [1.165, 1.54) is 10.8 Å². The van der Waals surface area contributed by atoms with E-state index in [-0.39, 0.29) is 0 Å². The van der Waals surface area contributed by atoms with Crippen LogP contribution in [0.1, 0.15) is 0 Å². The summed E-state index contributed by atoms with van der Waals surface area (Å²) in [6.07, 6.45) is 0. The number of H-pyrrole nitrogens is 1. The maximum absolute atomic E-state index is 5.54. The molecule has 0 saturated carbocycles. The lowest BCUT2D eigenvalue weighted by Gasteiger charge is -2.03. The maximum Gasteiger partial charge on any atom is 0.120 e. The Labute approximate surface area is 99.2 Å². The molecule has 0 aliphatic carbocycles. The van der Waals surface area contributed by atoms with Gasteiger partial charge in [0.15, 0.2) is 0 Å². The van der Waals surface area contributed by atoms with Crippen LogP contribution in [0.25, 0.3) is 21.8 Å². The van der Waals surface area contributed by atoms with E-state index >= 15 is 0 Å². The number of fused-ring (bicyclic) bond motifs is 3. The molecule has 0 bridgehead atoms. The number of aromatic nitrogens is 1. The Balaban J connectivity index is 2.16. The van der Waals surface area contributed by atoms with Gasteiger partial charge in [0.1, 0.15) is 12.4 Å². The van der Waals surface area contributed by atoms with Gasteiger partial charge in [-0.15, -0.1) is 0 Å². The molecule has 0 aliphatic heterocycles. The summed E-state index contributed by atoms with van der Waals surface area (Å²) in [5.41, 5.74) is 7.71. The summed E-state index contributed by atoms with van der Waals surface area (Å²) in [4.78, 5) is 3.38. The third-order valence-corrected chi connectivity index (χ3v) is 2.86. The van der Waals surface area contributed by atoms with E-state index < -0.39 is 0 Å².